The Morgan fingerprint density at radius 2 is 2.03 bits per heavy atom. The Kier molecular flexibility index (Phi) is 6.85. The molecule has 4 rings (SSSR count). The number of carbonyl (C=O) groups excluding carboxylic acids is 2. The lowest BCUT2D eigenvalue weighted by Crippen LogP contribution is -2.49. The lowest BCUT2D eigenvalue weighted by molar-refractivity contribution is -0.129. The Bertz CT molecular complexity index is 1150. The van der Waals surface area contributed by atoms with Gasteiger partial charge in [0.2, 0.25) is 5.88 Å². The van der Waals surface area contributed by atoms with Crippen molar-refractivity contribution < 1.29 is 14.3 Å². The molecular formula is C23H23Cl2N5O3. The van der Waals surface area contributed by atoms with Crippen LogP contribution in [0.5, 0.6) is 5.88 Å². The third kappa shape index (κ3) is 4.96. The Hall–Kier alpha value is -3.10. The molecule has 3 heterocycles. The molecule has 33 heavy (non-hydrogen) atoms. The summed E-state index contributed by atoms with van der Waals surface area (Å²) >= 11 is 12.0. The molecule has 0 saturated carbocycles. The van der Waals surface area contributed by atoms with Crippen molar-refractivity contribution in [2.24, 2.45) is 0 Å². The topological polar surface area (TPSA) is 98.6 Å². The van der Waals surface area contributed by atoms with Crippen LogP contribution in [0.25, 0.3) is 0 Å². The van der Waals surface area contributed by atoms with E-state index in [1.807, 2.05) is 12.1 Å². The first kappa shape index (κ1) is 23.1. The number of piperazine rings is 1. The molecule has 0 radical (unpaired) electrons. The maximum Gasteiger partial charge on any atom is 0.270 e. The van der Waals surface area contributed by atoms with Crippen LogP contribution in [0.15, 0.2) is 47.7 Å². The minimum atomic E-state index is -0.222. The number of carbonyl (C=O) groups is 2. The van der Waals surface area contributed by atoms with Gasteiger partial charge in [0.05, 0.1) is 29.4 Å². The van der Waals surface area contributed by atoms with Gasteiger partial charge in [-0.3, -0.25) is 9.59 Å². The average Bonchev–Trinajstić information content (AvgIpc) is 2.82. The van der Waals surface area contributed by atoms with Crippen LogP contribution in [0.1, 0.15) is 22.5 Å². The second-order valence-electron chi connectivity index (χ2n) is 7.76. The zero-order valence-corrected chi connectivity index (χ0v) is 19.5. The van der Waals surface area contributed by atoms with Gasteiger partial charge in [0.25, 0.3) is 11.8 Å². The van der Waals surface area contributed by atoms with Crippen LogP contribution in [0.3, 0.4) is 0 Å². The fraction of sp³-hybridized carbons (Fsp3) is 0.304. The molecule has 2 fully saturated rings. The number of benzene rings is 1. The van der Waals surface area contributed by atoms with Gasteiger partial charge in [0, 0.05) is 55.5 Å². The first-order chi connectivity index (χ1) is 15.9. The number of pyridine rings is 1. The zero-order chi connectivity index (χ0) is 23.5. The predicted molar refractivity (Wildman–Crippen MR) is 126 cm³/mol. The molecular weight excluding hydrogens is 465 g/mol. The number of likely N-dealkylation sites (tertiary alicyclic amines) is 1. The molecule has 1 aromatic heterocycles. The van der Waals surface area contributed by atoms with Gasteiger partial charge in [-0.2, -0.15) is 0 Å². The van der Waals surface area contributed by atoms with Crippen LogP contribution in [-0.2, 0) is 11.3 Å². The minimum absolute atomic E-state index is 0.164. The summed E-state index contributed by atoms with van der Waals surface area (Å²) in [6.07, 6.45) is 0.359. The van der Waals surface area contributed by atoms with Gasteiger partial charge in [0.1, 0.15) is 5.70 Å². The zero-order valence-electron chi connectivity index (χ0n) is 18.0. The van der Waals surface area contributed by atoms with Crippen molar-refractivity contribution >= 4 is 40.7 Å². The summed E-state index contributed by atoms with van der Waals surface area (Å²) in [4.78, 5) is 34.0. The summed E-state index contributed by atoms with van der Waals surface area (Å²) in [7, 11) is 1.55. The minimum Gasteiger partial charge on any atom is -0.481 e. The fourth-order valence-corrected chi connectivity index (χ4v) is 4.17. The molecule has 0 spiro atoms. The normalized spacial score (nSPS) is 18.9. The first-order valence-electron chi connectivity index (χ1n) is 10.5. The smallest absolute Gasteiger partial charge is 0.270 e. The molecule has 172 valence electrons. The van der Waals surface area contributed by atoms with E-state index in [0.29, 0.717) is 76.8 Å². The van der Waals surface area contributed by atoms with Crippen LogP contribution in [0.4, 0.5) is 0 Å². The number of halogens is 2. The van der Waals surface area contributed by atoms with Crippen molar-refractivity contribution in [1.82, 2.24) is 20.1 Å². The molecule has 1 aromatic carbocycles. The number of nitrogens with one attached hydrogen (secondary N) is 2. The monoisotopic (exact) mass is 487 g/mol. The lowest BCUT2D eigenvalue weighted by Gasteiger charge is -2.35. The summed E-state index contributed by atoms with van der Waals surface area (Å²) in [6.45, 7) is 1.93. The number of amides is 2. The van der Waals surface area contributed by atoms with E-state index in [2.05, 4.69) is 10.3 Å². The SMILES string of the molecule is COc1cccc(CN2CCN/C(=C3/CN(C(=O)c4ccc(Cl)c(Cl)c4)CCC3=N)C2=O)n1. The largest absolute Gasteiger partial charge is 0.481 e. The van der Waals surface area contributed by atoms with Crippen molar-refractivity contribution in [2.75, 3.05) is 33.3 Å². The number of methoxy groups -OCH3 is 1. The second kappa shape index (κ2) is 9.80. The van der Waals surface area contributed by atoms with E-state index in [4.69, 9.17) is 33.3 Å². The number of rotatable bonds is 4. The summed E-state index contributed by atoms with van der Waals surface area (Å²) in [5, 5.41) is 12.3. The van der Waals surface area contributed by atoms with Gasteiger partial charge in [-0.25, -0.2) is 4.98 Å². The van der Waals surface area contributed by atoms with Gasteiger partial charge >= 0.3 is 0 Å². The predicted octanol–water partition coefficient (Wildman–Crippen LogP) is 3.15. The molecule has 0 atom stereocenters. The summed E-state index contributed by atoms with van der Waals surface area (Å²) in [5.74, 6) is 0.0495. The van der Waals surface area contributed by atoms with Crippen LogP contribution in [-0.4, -0.2) is 65.6 Å². The van der Waals surface area contributed by atoms with Crippen LogP contribution in [0, 0.1) is 5.41 Å². The highest BCUT2D eigenvalue weighted by Gasteiger charge is 2.32. The molecule has 2 aliphatic heterocycles. The fourth-order valence-electron chi connectivity index (χ4n) is 3.87. The lowest BCUT2D eigenvalue weighted by atomic mass is 9.97. The highest BCUT2D eigenvalue weighted by Crippen LogP contribution is 2.25. The third-order valence-electron chi connectivity index (χ3n) is 5.63. The number of hydrogen-bond donors (Lipinski definition) is 2. The van der Waals surface area contributed by atoms with Gasteiger partial charge in [0.15, 0.2) is 0 Å². The summed E-state index contributed by atoms with van der Waals surface area (Å²) in [5.41, 5.74) is 2.37. The van der Waals surface area contributed by atoms with E-state index in [9.17, 15) is 9.59 Å². The quantitative estimate of drug-likeness (QED) is 0.645. The Morgan fingerprint density at radius 1 is 1.21 bits per heavy atom. The van der Waals surface area contributed by atoms with E-state index < -0.39 is 0 Å². The molecule has 2 saturated heterocycles. The number of hydrogen-bond acceptors (Lipinski definition) is 6. The van der Waals surface area contributed by atoms with Crippen molar-refractivity contribution in [3.63, 3.8) is 0 Å². The third-order valence-corrected chi connectivity index (χ3v) is 6.37. The van der Waals surface area contributed by atoms with Crippen molar-refractivity contribution in [2.45, 2.75) is 13.0 Å². The standard InChI is InChI=1S/C23H23Cl2N5O3/c1-33-20-4-2-3-15(28-20)12-30-10-8-27-21(23(30)32)16-13-29(9-7-19(16)26)22(31)14-5-6-17(24)18(25)11-14/h2-6,11,26-27H,7-10,12-13H2,1H3/b21-16-,26-19?. The van der Waals surface area contributed by atoms with Gasteiger partial charge < -0.3 is 25.3 Å². The van der Waals surface area contributed by atoms with Crippen LogP contribution >= 0.6 is 23.2 Å². The van der Waals surface area contributed by atoms with E-state index in [0.717, 1.165) is 0 Å². The number of nitrogens with zero attached hydrogens (tertiary/aromatic N) is 3. The molecule has 10 heteroatoms. The molecule has 0 aliphatic carbocycles. The van der Waals surface area contributed by atoms with Crippen molar-refractivity contribution in [3.8, 4) is 5.88 Å². The molecule has 2 aliphatic rings. The van der Waals surface area contributed by atoms with Gasteiger partial charge in [-0.05, 0) is 24.3 Å². The Balaban J connectivity index is 1.55. The van der Waals surface area contributed by atoms with Crippen molar-refractivity contribution in [1.29, 1.82) is 5.41 Å². The van der Waals surface area contributed by atoms with Crippen molar-refractivity contribution in [3.05, 3.63) is 69.0 Å². The highest BCUT2D eigenvalue weighted by molar-refractivity contribution is 6.42. The van der Waals surface area contributed by atoms with Crippen LogP contribution in [0.2, 0.25) is 10.0 Å². The second-order valence-corrected chi connectivity index (χ2v) is 8.58. The molecule has 2 amide bonds. The van der Waals surface area contributed by atoms with Gasteiger partial charge in [-0.15, -0.1) is 0 Å². The average molecular weight is 488 g/mol. The molecule has 2 N–H and O–H groups in total. The summed E-state index contributed by atoms with van der Waals surface area (Å²) < 4.78 is 5.17. The number of ether oxygens (including phenoxy) is 1. The van der Waals surface area contributed by atoms with E-state index in [1.165, 1.54) is 6.07 Å². The van der Waals surface area contributed by atoms with E-state index in [-0.39, 0.29) is 18.4 Å². The number of aromatic nitrogens is 1. The molecule has 0 bridgehead atoms. The number of piperidine rings is 1. The Morgan fingerprint density at radius 3 is 2.79 bits per heavy atom. The highest BCUT2D eigenvalue weighted by atomic mass is 35.5. The maximum absolute atomic E-state index is 13.3. The molecule has 2 aromatic rings. The first-order valence-corrected chi connectivity index (χ1v) is 11.2. The molecule has 8 nitrogen and oxygen atoms in total. The maximum atomic E-state index is 13.3. The van der Waals surface area contributed by atoms with E-state index >= 15 is 0 Å². The van der Waals surface area contributed by atoms with Crippen LogP contribution < -0.4 is 10.1 Å². The van der Waals surface area contributed by atoms with Gasteiger partial charge in [-0.1, -0.05) is 29.3 Å². The van der Waals surface area contributed by atoms with E-state index in [1.54, 1.807) is 35.1 Å². The molecule has 0 unspecified atom stereocenters. The Labute approximate surface area is 201 Å². The summed E-state index contributed by atoms with van der Waals surface area (Å²) in [6, 6.07) is 10.2.